The normalized spacial score (nSPS) is 13.6. The molecule has 0 fully saturated rings. The van der Waals surface area contributed by atoms with Gasteiger partial charge in [-0.1, -0.05) is 44.2 Å². The minimum Gasteiger partial charge on any atom is -0.323 e. The Labute approximate surface area is 115 Å². The van der Waals surface area contributed by atoms with Gasteiger partial charge in [-0.15, -0.1) is 0 Å². The Bertz CT molecular complexity index is 490. The van der Waals surface area contributed by atoms with Crippen molar-refractivity contribution in [1.29, 1.82) is 0 Å². The minimum atomic E-state index is -0.0785. The topological polar surface area (TPSA) is 26.0 Å². The fourth-order valence-electron chi connectivity index (χ4n) is 1.95. The van der Waals surface area contributed by atoms with Crippen molar-refractivity contribution in [3.05, 3.63) is 56.7 Å². The molecule has 0 aliphatic rings. The van der Waals surface area contributed by atoms with Gasteiger partial charge in [0.15, 0.2) is 0 Å². The monoisotopic (exact) mass is 309 g/mol. The van der Waals surface area contributed by atoms with Gasteiger partial charge < -0.3 is 5.73 Å². The Balaban J connectivity index is 2.37. The summed E-state index contributed by atoms with van der Waals surface area (Å²) < 4.78 is 1.11. The lowest BCUT2D eigenvalue weighted by atomic mass is 9.76. The second-order valence-corrected chi connectivity index (χ2v) is 6.34. The van der Waals surface area contributed by atoms with Crippen molar-refractivity contribution in [3.63, 3.8) is 0 Å². The third kappa shape index (κ3) is 2.46. The van der Waals surface area contributed by atoms with Crippen LogP contribution in [-0.4, -0.2) is 0 Å². The highest BCUT2D eigenvalue weighted by Crippen LogP contribution is 2.39. The van der Waals surface area contributed by atoms with E-state index in [1.165, 1.54) is 11.1 Å². The van der Waals surface area contributed by atoms with E-state index in [1.807, 2.05) is 6.07 Å². The van der Waals surface area contributed by atoms with Gasteiger partial charge in [-0.05, 0) is 32.4 Å². The van der Waals surface area contributed by atoms with Crippen LogP contribution in [0.4, 0.5) is 0 Å². The van der Waals surface area contributed by atoms with E-state index in [-0.39, 0.29) is 11.5 Å². The highest BCUT2D eigenvalue weighted by atomic mass is 79.9. The molecule has 1 unspecified atom stereocenters. The molecule has 1 heterocycles. The largest absolute Gasteiger partial charge is 0.323 e. The molecule has 1 aromatic heterocycles. The van der Waals surface area contributed by atoms with Gasteiger partial charge in [0.25, 0.3) is 0 Å². The van der Waals surface area contributed by atoms with Crippen LogP contribution in [0, 0.1) is 0 Å². The molecule has 2 aromatic rings. The lowest BCUT2D eigenvalue weighted by Crippen LogP contribution is -2.33. The molecule has 3 heteroatoms. The smallest absolute Gasteiger partial charge is 0.0407 e. The fourth-order valence-corrected chi connectivity index (χ4v) is 3.53. The first kappa shape index (κ1) is 12.8. The Kier molecular flexibility index (Phi) is 3.71. The second-order valence-electron chi connectivity index (χ2n) is 4.74. The average molecular weight is 310 g/mol. The van der Waals surface area contributed by atoms with Gasteiger partial charge in [0.2, 0.25) is 0 Å². The van der Waals surface area contributed by atoms with E-state index < -0.39 is 0 Å². The Morgan fingerprint density at radius 3 is 2.35 bits per heavy atom. The number of hydrogen-bond acceptors (Lipinski definition) is 2. The van der Waals surface area contributed by atoms with Crippen molar-refractivity contribution in [3.8, 4) is 0 Å². The molecule has 0 bridgehead atoms. The SMILES string of the molecule is CC(C)(c1ccccc1)C(N)c1cscc1Br. The summed E-state index contributed by atoms with van der Waals surface area (Å²) >= 11 is 5.24. The molecule has 1 atom stereocenters. The first-order chi connectivity index (χ1) is 8.03. The van der Waals surface area contributed by atoms with Gasteiger partial charge >= 0.3 is 0 Å². The zero-order valence-electron chi connectivity index (χ0n) is 9.98. The standard InChI is InChI=1S/C14H16BrNS/c1-14(2,10-6-4-3-5-7-10)13(16)11-8-17-9-12(11)15/h3-9,13H,16H2,1-2H3. The zero-order valence-corrected chi connectivity index (χ0v) is 12.4. The lowest BCUT2D eigenvalue weighted by molar-refractivity contribution is 0.420. The van der Waals surface area contributed by atoms with Crippen LogP contribution in [0.2, 0.25) is 0 Å². The van der Waals surface area contributed by atoms with E-state index >= 15 is 0 Å². The quantitative estimate of drug-likeness (QED) is 0.888. The van der Waals surface area contributed by atoms with E-state index in [9.17, 15) is 0 Å². The number of halogens is 1. The minimum absolute atomic E-state index is 0.00877. The third-order valence-corrected chi connectivity index (χ3v) is 5.02. The third-order valence-electron chi connectivity index (χ3n) is 3.27. The summed E-state index contributed by atoms with van der Waals surface area (Å²) in [5.74, 6) is 0. The number of hydrogen-bond donors (Lipinski definition) is 1. The summed E-state index contributed by atoms with van der Waals surface area (Å²) in [5.41, 5.74) is 8.80. The van der Waals surface area contributed by atoms with E-state index in [0.29, 0.717) is 0 Å². The summed E-state index contributed by atoms with van der Waals surface area (Å²) in [6, 6.07) is 10.4. The molecule has 17 heavy (non-hydrogen) atoms. The van der Waals surface area contributed by atoms with Gasteiger partial charge in [0.1, 0.15) is 0 Å². The first-order valence-corrected chi connectivity index (χ1v) is 7.29. The van der Waals surface area contributed by atoms with E-state index in [4.69, 9.17) is 5.73 Å². The molecule has 0 radical (unpaired) electrons. The summed E-state index contributed by atoms with van der Waals surface area (Å²) in [7, 11) is 0. The molecule has 0 saturated heterocycles. The maximum Gasteiger partial charge on any atom is 0.0407 e. The second kappa shape index (κ2) is 4.92. The van der Waals surface area contributed by atoms with Crippen molar-refractivity contribution in [2.75, 3.05) is 0 Å². The highest BCUT2D eigenvalue weighted by molar-refractivity contribution is 9.10. The van der Waals surface area contributed by atoms with Gasteiger partial charge in [-0.25, -0.2) is 0 Å². The fraction of sp³-hybridized carbons (Fsp3) is 0.286. The maximum atomic E-state index is 6.43. The van der Waals surface area contributed by atoms with Crippen molar-refractivity contribution in [2.24, 2.45) is 5.73 Å². The first-order valence-electron chi connectivity index (χ1n) is 5.56. The van der Waals surface area contributed by atoms with Crippen LogP contribution in [0.15, 0.2) is 45.6 Å². The molecule has 0 amide bonds. The molecule has 90 valence electrons. The molecule has 1 nitrogen and oxygen atoms in total. The van der Waals surface area contributed by atoms with Crippen molar-refractivity contribution >= 4 is 27.3 Å². The number of thiophene rings is 1. The summed E-state index contributed by atoms with van der Waals surface area (Å²) in [4.78, 5) is 0. The summed E-state index contributed by atoms with van der Waals surface area (Å²) in [6.07, 6.45) is 0. The molecule has 0 saturated carbocycles. The van der Waals surface area contributed by atoms with Crippen LogP contribution in [0.3, 0.4) is 0 Å². The van der Waals surface area contributed by atoms with E-state index in [2.05, 4.69) is 64.8 Å². The Morgan fingerprint density at radius 2 is 1.82 bits per heavy atom. The lowest BCUT2D eigenvalue weighted by Gasteiger charge is -2.32. The summed E-state index contributed by atoms with van der Waals surface area (Å²) in [6.45, 7) is 4.38. The van der Waals surface area contributed by atoms with Crippen molar-refractivity contribution in [2.45, 2.75) is 25.3 Å². The van der Waals surface area contributed by atoms with Crippen LogP contribution in [0.25, 0.3) is 0 Å². The predicted molar refractivity (Wildman–Crippen MR) is 78.4 cm³/mol. The number of nitrogens with two attached hydrogens (primary N) is 1. The van der Waals surface area contributed by atoms with Gasteiger partial charge in [0.05, 0.1) is 0 Å². The number of benzene rings is 1. The van der Waals surface area contributed by atoms with E-state index in [1.54, 1.807) is 11.3 Å². The van der Waals surface area contributed by atoms with Crippen LogP contribution >= 0.6 is 27.3 Å². The van der Waals surface area contributed by atoms with Crippen molar-refractivity contribution in [1.82, 2.24) is 0 Å². The van der Waals surface area contributed by atoms with Crippen molar-refractivity contribution < 1.29 is 0 Å². The molecule has 1 aromatic carbocycles. The van der Waals surface area contributed by atoms with E-state index in [0.717, 1.165) is 4.47 Å². The maximum absolute atomic E-state index is 6.43. The van der Waals surface area contributed by atoms with Crippen LogP contribution < -0.4 is 5.73 Å². The molecule has 0 spiro atoms. The Morgan fingerprint density at radius 1 is 1.18 bits per heavy atom. The zero-order chi connectivity index (χ0) is 12.5. The van der Waals surface area contributed by atoms with Gasteiger partial charge in [-0.3, -0.25) is 0 Å². The molecular formula is C14H16BrNS. The van der Waals surface area contributed by atoms with Crippen LogP contribution in [0.1, 0.15) is 31.0 Å². The molecular weight excluding hydrogens is 294 g/mol. The van der Waals surface area contributed by atoms with Crippen LogP contribution in [0.5, 0.6) is 0 Å². The molecule has 2 rings (SSSR count). The van der Waals surface area contributed by atoms with Crippen LogP contribution in [-0.2, 0) is 5.41 Å². The number of rotatable bonds is 3. The van der Waals surface area contributed by atoms with Gasteiger partial charge in [0, 0.05) is 21.3 Å². The highest BCUT2D eigenvalue weighted by Gasteiger charge is 2.30. The molecule has 0 aliphatic carbocycles. The summed E-state index contributed by atoms with van der Waals surface area (Å²) in [5, 5.41) is 4.20. The molecule has 0 aliphatic heterocycles. The van der Waals surface area contributed by atoms with Gasteiger partial charge in [-0.2, -0.15) is 11.3 Å². The predicted octanol–water partition coefficient (Wildman–Crippen LogP) is 4.49. The molecule has 2 N–H and O–H groups in total. The Hall–Kier alpha value is -0.640. The average Bonchev–Trinajstić information content (AvgIpc) is 2.75.